The summed E-state index contributed by atoms with van der Waals surface area (Å²) < 4.78 is 24.2. The quantitative estimate of drug-likeness (QED) is 0.774. The highest BCUT2D eigenvalue weighted by atomic mass is 32.1. The van der Waals surface area contributed by atoms with E-state index in [1.165, 1.54) is 0 Å². The van der Waals surface area contributed by atoms with E-state index in [0.29, 0.717) is 5.01 Å². The van der Waals surface area contributed by atoms with E-state index in [-0.39, 0.29) is 5.01 Å². The number of hydrogen-bond acceptors (Lipinski definition) is 4. The van der Waals surface area contributed by atoms with Gasteiger partial charge in [-0.1, -0.05) is 41.7 Å². The van der Waals surface area contributed by atoms with Gasteiger partial charge in [-0.05, 0) is 0 Å². The summed E-state index contributed by atoms with van der Waals surface area (Å²) in [5.41, 5.74) is 0.758. The fourth-order valence-electron chi connectivity index (χ4n) is 1.11. The minimum Gasteiger partial charge on any atom is -0.285 e. The molecule has 0 aliphatic carbocycles. The van der Waals surface area contributed by atoms with Crippen molar-refractivity contribution >= 4 is 17.1 Å². The van der Waals surface area contributed by atoms with E-state index in [2.05, 4.69) is 10.2 Å². The van der Waals surface area contributed by atoms with E-state index < -0.39 is 12.2 Å². The van der Waals surface area contributed by atoms with E-state index >= 15 is 0 Å². The summed E-state index contributed by atoms with van der Waals surface area (Å²) >= 11 is 0.871. The van der Waals surface area contributed by atoms with Crippen LogP contribution in [0.25, 0.3) is 10.6 Å². The Morgan fingerprint density at radius 3 is 2.50 bits per heavy atom. The summed E-state index contributed by atoms with van der Waals surface area (Å²) in [4.78, 5) is 10.9. The lowest BCUT2D eigenvalue weighted by molar-refractivity contribution is 0.0677. The molecule has 1 aromatic heterocycles. The topological polar surface area (TPSA) is 42.9 Å². The van der Waals surface area contributed by atoms with Crippen LogP contribution in [-0.2, 0) is 0 Å². The third kappa shape index (κ3) is 2.11. The SMILES string of the molecule is O=C(c1nnc(-c2ccccc2)s1)C(F)F. The zero-order valence-corrected chi connectivity index (χ0v) is 8.75. The summed E-state index contributed by atoms with van der Waals surface area (Å²) in [6.45, 7) is 0. The maximum Gasteiger partial charge on any atom is 0.303 e. The van der Waals surface area contributed by atoms with Crippen molar-refractivity contribution in [2.75, 3.05) is 0 Å². The van der Waals surface area contributed by atoms with E-state index in [9.17, 15) is 13.6 Å². The van der Waals surface area contributed by atoms with Crippen LogP contribution < -0.4 is 0 Å². The van der Waals surface area contributed by atoms with Gasteiger partial charge in [0.2, 0.25) is 0 Å². The normalized spacial score (nSPS) is 10.7. The summed E-state index contributed by atoms with van der Waals surface area (Å²) in [6.07, 6.45) is -3.03. The molecule has 2 aromatic rings. The zero-order valence-electron chi connectivity index (χ0n) is 7.93. The smallest absolute Gasteiger partial charge is 0.285 e. The van der Waals surface area contributed by atoms with E-state index in [0.717, 1.165) is 16.9 Å². The molecule has 0 spiro atoms. The third-order valence-electron chi connectivity index (χ3n) is 1.85. The number of Topliss-reactive ketones (excluding diaryl/α,β-unsaturated/α-hetero) is 1. The minimum absolute atomic E-state index is 0.256. The molecule has 1 heterocycles. The number of carbonyl (C=O) groups is 1. The Labute approximate surface area is 93.8 Å². The van der Waals surface area contributed by atoms with Crippen LogP contribution in [0.2, 0.25) is 0 Å². The van der Waals surface area contributed by atoms with Gasteiger partial charge in [0.25, 0.3) is 5.78 Å². The molecule has 82 valence electrons. The highest BCUT2D eigenvalue weighted by molar-refractivity contribution is 7.16. The summed E-state index contributed by atoms with van der Waals surface area (Å²) in [5, 5.41) is 7.36. The zero-order chi connectivity index (χ0) is 11.5. The molecule has 2 rings (SSSR count). The number of aromatic nitrogens is 2. The van der Waals surface area contributed by atoms with Gasteiger partial charge in [0.15, 0.2) is 5.01 Å². The molecule has 0 atom stereocenters. The molecule has 0 N–H and O–H groups in total. The van der Waals surface area contributed by atoms with Crippen molar-refractivity contribution in [3.05, 3.63) is 35.3 Å². The van der Waals surface area contributed by atoms with Crippen LogP contribution in [0.3, 0.4) is 0 Å². The molecule has 0 saturated heterocycles. The molecule has 6 heteroatoms. The van der Waals surface area contributed by atoms with Gasteiger partial charge in [0.1, 0.15) is 5.01 Å². The molecule has 0 bridgehead atoms. The number of alkyl halides is 2. The highest BCUT2D eigenvalue weighted by Gasteiger charge is 2.22. The van der Waals surface area contributed by atoms with Gasteiger partial charge in [-0.3, -0.25) is 4.79 Å². The average Bonchev–Trinajstić information content (AvgIpc) is 2.78. The largest absolute Gasteiger partial charge is 0.303 e. The lowest BCUT2D eigenvalue weighted by Crippen LogP contribution is -2.09. The van der Waals surface area contributed by atoms with Crippen molar-refractivity contribution in [2.24, 2.45) is 0 Å². The van der Waals surface area contributed by atoms with Gasteiger partial charge in [0.05, 0.1) is 0 Å². The standard InChI is InChI=1S/C10H6F2N2OS/c11-8(12)7(15)10-14-13-9(16-10)6-4-2-1-3-5-6/h1-5,8H. The summed E-state index contributed by atoms with van der Waals surface area (Å²) in [6, 6.07) is 8.97. The fraction of sp³-hybridized carbons (Fsp3) is 0.100. The van der Waals surface area contributed by atoms with Crippen LogP contribution in [0.1, 0.15) is 9.80 Å². The van der Waals surface area contributed by atoms with Crippen LogP contribution in [0.4, 0.5) is 8.78 Å². The molecule has 0 unspecified atom stereocenters. The first-order valence-electron chi connectivity index (χ1n) is 4.40. The lowest BCUT2D eigenvalue weighted by Gasteiger charge is -1.92. The van der Waals surface area contributed by atoms with Gasteiger partial charge in [-0.2, -0.15) is 0 Å². The first-order valence-corrected chi connectivity index (χ1v) is 5.21. The van der Waals surface area contributed by atoms with Gasteiger partial charge in [0, 0.05) is 5.56 Å². The number of ketones is 1. The summed E-state index contributed by atoms with van der Waals surface area (Å²) in [7, 11) is 0. The third-order valence-corrected chi connectivity index (χ3v) is 2.84. The second kappa shape index (κ2) is 4.44. The van der Waals surface area contributed by atoms with Gasteiger partial charge < -0.3 is 0 Å². The molecular formula is C10H6F2N2OS. The number of nitrogens with zero attached hydrogens (tertiary/aromatic N) is 2. The van der Waals surface area contributed by atoms with Crippen LogP contribution in [0.5, 0.6) is 0 Å². The molecule has 0 fully saturated rings. The molecule has 0 amide bonds. The van der Waals surface area contributed by atoms with Gasteiger partial charge >= 0.3 is 6.43 Å². The van der Waals surface area contributed by atoms with Crippen molar-refractivity contribution in [1.82, 2.24) is 10.2 Å². The van der Waals surface area contributed by atoms with Crippen molar-refractivity contribution in [3.8, 4) is 10.6 Å². The van der Waals surface area contributed by atoms with Crippen molar-refractivity contribution < 1.29 is 13.6 Å². The second-order valence-electron chi connectivity index (χ2n) is 2.94. The lowest BCUT2D eigenvalue weighted by atomic mass is 10.2. The minimum atomic E-state index is -3.03. The number of benzene rings is 1. The second-order valence-corrected chi connectivity index (χ2v) is 3.92. The van der Waals surface area contributed by atoms with Crippen LogP contribution >= 0.6 is 11.3 Å². The van der Waals surface area contributed by atoms with Crippen LogP contribution in [0, 0.1) is 0 Å². The molecule has 0 saturated carbocycles. The number of halogens is 2. The first kappa shape index (κ1) is 10.8. The molecular weight excluding hydrogens is 234 g/mol. The Hall–Kier alpha value is -1.69. The van der Waals surface area contributed by atoms with E-state index in [4.69, 9.17) is 0 Å². The fourth-order valence-corrected chi connectivity index (χ4v) is 1.90. The predicted octanol–water partition coefficient (Wildman–Crippen LogP) is 2.65. The Morgan fingerprint density at radius 1 is 1.19 bits per heavy atom. The number of carbonyl (C=O) groups excluding carboxylic acids is 1. The first-order chi connectivity index (χ1) is 7.68. The molecule has 1 aromatic carbocycles. The van der Waals surface area contributed by atoms with E-state index in [1.807, 2.05) is 6.07 Å². The van der Waals surface area contributed by atoms with Crippen molar-refractivity contribution in [1.29, 1.82) is 0 Å². The Balaban J connectivity index is 2.30. The molecule has 3 nitrogen and oxygen atoms in total. The Morgan fingerprint density at radius 2 is 1.88 bits per heavy atom. The van der Waals surface area contributed by atoms with Crippen LogP contribution in [-0.4, -0.2) is 22.4 Å². The number of hydrogen-bond donors (Lipinski definition) is 0. The summed E-state index contributed by atoms with van der Waals surface area (Å²) in [5.74, 6) is -1.28. The Bertz CT molecular complexity index is 499. The highest BCUT2D eigenvalue weighted by Crippen LogP contribution is 2.24. The molecule has 0 radical (unpaired) electrons. The van der Waals surface area contributed by atoms with Crippen molar-refractivity contribution in [3.63, 3.8) is 0 Å². The van der Waals surface area contributed by atoms with Crippen LogP contribution in [0.15, 0.2) is 30.3 Å². The predicted molar refractivity (Wildman–Crippen MR) is 55.7 cm³/mol. The monoisotopic (exact) mass is 240 g/mol. The average molecular weight is 240 g/mol. The molecule has 16 heavy (non-hydrogen) atoms. The van der Waals surface area contributed by atoms with E-state index in [1.54, 1.807) is 24.3 Å². The molecule has 0 aliphatic rings. The Kier molecular flexibility index (Phi) is 3.00. The van der Waals surface area contributed by atoms with Gasteiger partial charge in [-0.25, -0.2) is 8.78 Å². The number of rotatable bonds is 3. The maximum absolute atomic E-state index is 12.1. The maximum atomic E-state index is 12.1. The molecule has 0 aliphatic heterocycles. The van der Waals surface area contributed by atoms with Gasteiger partial charge in [-0.15, -0.1) is 10.2 Å². The van der Waals surface area contributed by atoms with Crippen molar-refractivity contribution in [2.45, 2.75) is 6.43 Å².